The molecule has 0 saturated carbocycles. The molecule has 0 bridgehead atoms. The molecule has 18 heavy (non-hydrogen) atoms. The minimum absolute atomic E-state index is 0.518. The molecule has 0 aromatic carbocycles. The lowest BCUT2D eigenvalue weighted by Gasteiger charge is -2.07. The van der Waals surface area contributed by atoms with Gasteiger partial charge in [-0.3, -0.25) is 10.1 Å². The predicted molar refractivity (Wildman–Crippen MR) is 55.4 cm³/mol. The lowest BCUT2D eigenvalue weighted by atomic mass is 10.3. The van der Waals surface area contributed by atoms with Crippen molar-refractivity contribution in [2.24, 2.45) is 0 Å². The summed E-state index contributed by atoms with van der Waals surface area (Å²) in [4.78, 5) is 11.4. The van der Waals surface area contributed by atoms with E-state index in [-0.39, 0.29) is 0 Å². The Morgan fingerprint density at radius 1 is 1.56 bits per heavy atom. The molecule has 0 aliphatic carbocycles. The molecule has 0 saturated heterocycles. The van der Waals surface area contributed by atoms with E-state index in [4.69, 9.17) is 10.7 Å². The highest BCUT2D eigenvalue weighted by Gasteiger charge is 2.34. The van der Waals surface area contributed by atoms with Crippen LogP contribution in [0.3, 0.4) is 0 Å². The standard InChI is InChI=1S/C7H5ClF2N2O5S/c1-17-4-2-3(18(8,15)16)6(12(13)14)5(11-4)7(9)10/h2,7H,1H3. The van der Waals surface area contributed by atoms with Gasteiger partial charge in [-0.25, -0.2) is 22.2 Å². The van der Waals surface area contributed by atoms with E-state index in [1.807, 2.05) is 0 Å². The van der Waals surface area contributed by atoms with Crippen LogP contribution >= 0.6 is 10.7 Å². The fourth-order valence-electron chi connectivity index (χ4n) is 1.14. The number of methoxy groups -OCH3 is 1. The number of aromatic nitrogens is 1. The molecule has 7 nitrogen and oxygen atoms in total. The molecule has 0 aliphatic rings. The van der Waals surface area contributed by atoms with E-state index in [1.165, 1.54) is 0 Å². The number of halogens is 3. The van der Waals surface area contributed by atoms with Crippen molar-refractivity contribution in [1.82, 2.24) is 4.98 Å². The third-order valence-electron chi connectivity index (χ3n) is 1.82. The fourth-order valence-corrected chi connectivity index (χ4v) is 2.14. The Hall–Kier alpha value is -1.55. The predicted octanol–water partition coefficient (Wildman–Crippen LogP) is 1.86. The molecular weight excluding hydrogens is 298 g/mol. The molecule has 1 rings (SSSR count). The molecule has 1 heterocycles. The van der Waals surface area contributed by atoms with Gasteiger partial charge in [0.1, 0.15) is 0 Å². The van der Waals surface area contributed by atoms with Crippen molar-refractivity contribution in [3.63, 3.8) is 0 Å². The first-order valence-corrected chi connectivity index (χ1v) is 6.45. The minimum Gasteiger partial charge on any atom is -0.481 e. The number of hydrogen-bond acceptors (Lipinski definition) is 6. The number of rotatable bonds is 4. The van der Waals surface area contributed by atoms with Crippen LogP contribution in [0.15, 0.2) is 11.0 Å². The third-order valence-corrected chi connectivity index (χ3v) is 3.16. The lowest BCUT2D eigenvalue weighted by Crippen LogP contribution is -2.07. The fraction of sp³-hybridized carbons (Fsp3) is 0.286. The average Bonchev–Trinajstić information content (AvgIpc) is 2.25. The Kier molecular flexibility index (Phi) is 4.02. The summed E-state index contributed by atoms with van der Waals surface area (Å²) in [6.07, 6.45) is -3.35. The van der Waals surface area contributed by atoms with Crippen molar-refractivity contribution >= 4 is 25.4 Å². The Labute approximate surface area is 104 Å². The van der Waals surface area contributed by atoms with Crippen LogP contribution in [-0.4, -0.2) is 25.4 Å². The van der Waals surface area contributed by atoms with Gasteiger partial charge in [-0.15, -0.1) is 0 Å². The SMILES string of the molecule is COc1cc(S(=O)(=O)Cl)c([N+](=O)[O-])c(C(F)F)n1. The smallest absolute Gasteiger partial charge is 0.316 e. The van der Waals surface area contributed by atoms with Crippen LogP contribution in [-0.2, 0) is 9.05 Å². The largest absolute Gasteiger partial charge is 0.481 e. The number of hydrogen-bond donors (Lipinski definition) is 0. The molecule has 0 atom stereocenters. The first-order chi connectivity index (χ1) is 8.18. The summed E-state index contributed by atoms with van der Waals surface area (Å²) in [5.41, 5.74) is -2.68. The van der Waals surface area contributed by atoms with Gasteiger partial charge < -0.3 is 4.74 Å². The highest BCUT2D eigenvalue weighted by molar-refractivity contribution is 8.13. The summed E-state index contributed by atoms with van der Waals surface area (Å²) in [5.74, 6) is -0.518. The van der Waals surface area contributed by atoms with Crippen LogP contribution in [0.25, 0.3) is 0 Å². The van der Waals surface area contributed by atoms with Crippen molar-refractivity contribution in [3.8, 4) is 5.88 Å². The molecule has 1 aromatic heterocycles. The van der Waals surface area contributed by atoms with Crippen LogP contribution in [0.2, 0.25) is 0 Å². The Morgan fingerprint density at radius 3 is 2.44 bits per heavy atom. The van der Waals surface area contributed by atoms with Crippen LogP contribution in [0, 0.1) is 10.1 Å². The maximum atomic E-state index is 12.6. The van der Waals surface area contributed by atoms with E-state index >= 15 is 0 Å². The molecule has 1 aromatic rings. The van der Waals surface area contributed by atoms with E-state index in [2.05, 4.69) is 9.72 Å². The van der Waals surface area contributed by atoms with Gasteiger partial charge in [-0.1, -0.05) is 0 Å². The van der Waals surface area contributed by atoms with E-state index in [1.54, 1.807) is 0 Å². The maximum absolute atomic E-state index is 12.6. The normalized spacial score (nSPS) is 11.6. The highest BCUT2D eigenvalue weighted by atomic mass is 35.7. The summed E-state index contributed by atoms with van der Waals surface area (Å²) < 4.78 is 52.0. The zero-order chi connectivity index (χ0) is 14.1. The number of nitro groups is 1. The molecular formula is C7H5ClF2N2O5S. The molecule has 0 fully saturated rings. The number of nitrogens with zero attached hydrogens (tertiary/aromatic N) is 2. The first-order valence-electron chi connectivity index (χ1n) is 4.14. The van der Waals surface area contributed by atoms with Gasteiger partial charge in [-0.2, -0.15) is 0 Å². The van der Waals surface area contributed by atoms with Crippen molar-refractivity contribution < 1.29 is 26.9 Å². The summed E-state index contributed by atoms with van der Waals surface area (Å²) in [6.45, 7) is 0. The van der Waals surface area contributed by atoms with Crippen molar-refractivity contribution in [2.75, 3.05) is 7.11 Å². The molecule has 0 N–H and O–H groups in total. The van der Waals surface area contributed by atoms with Gasteiger partial charge in [0.25, 0.3) is 15.5 Å². The number of ether oxygens (including phenoxy) is 1. The van der Waals surface area contributed by atoms with E-state index in [0.29, 0.717) is 6.07 Å². The topological polar surface area (TPSA) is 99.4 Å². The van der Waals surface area contributed by atoms with Gasteiger partial charge in [0, 0.05) is 16.7 Å². The summed E-state index contributed by atoms with van der Waals surface area (Å²) in [5, 5.41) is 10.7. The molecule has 0 unspecified atom stereocenters. The summed E-state index contributed by atoms with van der Waals surface area (Å²) in [6, 6.07) is 0.604. The minimum atomic E-state index is -4.59. The van der Waals surface area contributed by atoms with Crippen molar-refractivity contribution in [1.29, 1.82) is 0 Å². The van der Waals surface area contributed by atoms with Crippen molar-refractivity contribution in [3.05, 3.63) is 21.9 Å². The molecule has 100 valence electrons. The van der Waals surface area contributed by atoms with Crippen LogP contribution < -0.4 is 4.74 Å². The highest BCUT2D eigenvalue weighted by Crippen LogP contribution is 2.36. The van der Waals surface area contributed by atoms with Gasteiger partial charge in [0.05, 0.1) is 12.0 Å². The van der Waals surface area contributed by atoms with Crippen LogP contribution in [0.1, 0.15) is 12.1 Å². The second-order valence-corrected chi connectivity index (χ2v) is 5.43. The second kappa shape index (κ2) is 4.98. The molecule has 0 radical (unpaired) electrons. The Balaban J connectivity index is 3.77. The molecule has 0 aliphatic heterocycles. The van der Waals surface area contributed by atoms with E-state index in [9.17, 15) is 27.3 Å². The molecule has 11 heteroatoms. The van der Waals surface area contributed by atoms with Gasteiger partial charge in [-0.05, 0) is 0 Å². The van der Waals surface area contributed by atoms with Gasteiger partial charge in [0.15, 0.2) is 10.6 Å². The number of alkyl halides is 2. The van der Waals surface area contributed by atoms with Gasteiger partial charge in [0.2, 0.25) is 5.88 Å². The molecule has 0 amide bonds. The average molecular weight is 303 g/mol. The quantitative estimate of drug-likeness (QED) is 0.478. The van der Waals surface area contributed by atoms with Gasteiger partial charge >= 0.3 is 5.69 Å². The van der Waals surface area contributed by atoms with Crippen molar-refractivity contribution in [2.45, 2.75) is 11.3 Å². The zero-order valence-electron chi connectivity index (χ0n) is 8.63. The second-order valence-electron chi connectivity index (χ2n) is 2.89. The summed E-state index contributed by atoms with van der Waals surface area (Å²) >= 11 is 0. The van der Waals surface area contributed by atoms with E-state index < -0.39 is 42.6 Å². The maximum Gasteiger partial charge on any atom is 0.316 e. The monoisotopic (exact) mass is 302 g/mol. The Morgan fingerprint density at radius 2 is 2.11 bits per heavy atom. The number of pyridine rings is 1. The lowest BCUT2D eigenvalue weighted by molar-refractivity contribution is -0.389. The van der Waals surface area contributed by atoms with Crippen LogP contribution in [0.4, 0.5) is 14.5 Å². The third kappa shape index (κ3) is 2.82. The molecule has 0 spiro atoms. The van der Waals surface area contributed by atoms with E-state index in [0.717, 1.165) is 7.11 Å². The Bertz CT molecular complexity index is 592. The zero-order valence-corrected chi connectivity index (χ0v) is 10.2. The summed E-state index contributed by atoms with van der Waals surface area (Å²) in [7, 11) is 1.40. The van der Waals surface area contributed by atoms with Crippen LogP contribution in [0.5, 0.6) is 5.88 Å². The first kappa shape index (κ1) is 14.5.